The van der Waals surface area contributed by atoms with Gasteiger partial charge in [-0.15, -0.1) is 0 Å². The Morgan fingerprint density at radius 3 is 2.63 bits per heavy atom. The lowest BCUT2D eigenvalue weighted by Gasteiger charge is -2.30. The first-order valence-corrected chi connectivity index (χ1v) is 12.6. The van der Waals surface area contributed by atoms with Crippen molar-refractivity contribution >= 4 is 35.4 Å². The molecule has 0 fully saturated rings. The number of thiocarbonyl (C=S) groups is 1. The van der Waals surface area contributed by atoms with Crippen LogP contribution in [0.3, 0.4) is 0 Å². The molecule has 0 aliphatic carbocycles. The molecule has 0 bridgehead atoms. The Morgan fingerprint density at radius 2 is 1.89 bits per heavy atom. The van der Waals surface area contributed by atoms with Crippen molar-refractivity contribution in [3.05, 3.63) is 64.9 Å². The number of nitrogens with zero attached hydrogens (tertiary/aromatic N) is 1. The van der Waals surface area contributed by atoms with Crippen molar-refractivity contribution < 1.29 is 28.5 Å². The number of benzene rings is 2. The van der Waals surface area contributed by atoms with E-state index in [0.717, 1.165) is 12.0 Å². The van der Waals surface area contributed by atoms with Gasteiger partial charge in [-0.2, -0.15) is 5.10 Å². The van der Waals surface area contributed by atoms with Crippen LogP contribution in [0.4, 0.5) is 0 Å². The standard InChI is InChI=1S/C27H32N4O6S/c1-5-13-36-21-12-11-18(14-22(21)34-4)15-28-31-23(32)16-37-20-10-8-7-9-19(20)25-24(26(33)35-6-2)17(3)29-27(38)30-25/h7-12,14-15,25H,5-6,13,16H2,1-4H3,(H,31,32)(H2,29,30,38)/t25-/m1/s1. The van der Waals surface area contributed by atoms with E-state index < -0.39 is 17.9 Å². The summed E-state index contributed by atoms with van der Waals surface area (Å²) in [6.45, 7) is 6.04. The molecule has 0 saturated carbocycles. The second-order valence-corrected chi connectivity index (χ2v) is 8.58. The number of hydrazone groups is 1. The second kappa shape index (κ2) is 14.0. The maximum atomic E-state index is 12.7. The number of methoxy groups -OCH3 is 1. The van der Waals surface area contributed by atoms with Gasteiger partial charge in [0.05, 0.1) is 38.2 Å². The van der Waals surface area contributed by atoms with Gasteiger partial charge < -0.3 is 29.6 Å². The Bertz CT molecular complexity index is 1230. The summed E-state index contributed by atoms with van der Waals surface area (Å²) in [4.78, 5) is 25.1. The number of carbonyl (C=O) groups is 2. The van der Waals surface area contributed by atoms with Gasteiger partial charge in [-0.25, -0.2) is 10.2 Å². The summed E-state index contributed by atoms with van der Waals surface area (Å²) in [5.41, 5.74) is 4.77. The van der Waals surface area contributed by atoms with E-state index in [1.54, 1.807) is 51.3 Å². The van der Waals surface area contributed by atoms with Gasteiger partial charge in [0.15, 0.2) is 23.2 Å². The molecule has 2 aromatic rings. The van der Waals surface area contributed by atoms with Gasteiger partial charge in [-0.3, -0.25) is 4.79 Å². The Morgan fingerprint density at radius 1 is 1.11 bits per heavy atom. The minimum atomic E-state index is -0.612. The molecule has 1 atom stereocenters. The fourth-order valence-electron chi connectivity index (χ4n) is 3.71. The van der Waals surface area contributed by atoms with Crippen molar-refractivity contribution in [2.45, 2.75) is 33.2 Å². The molecular weight excluding hydrogens is 508 g/mol. The van der Waals surface area contributed by atoms with Crippen LogP contribution in [0.1, 0.15) is 44.4 Å². The average Bonchev–Trinajstić information content (AvgIpc) is 2.90. The molecule has 202 valence electrons. The smallest absolute Gasteiger partial charge is 0.338 e. The van der Waals surface area contributed by atoms with E-state index in [0.29, 0.717) is 45.8 Å². The van der Waals surface area contributed by atoms with Gasteiger partial charge in [0.2, 0.25) is 0 Å². The van der Waals surface area contributed by atoms with Crippen LogP contribution in [0.2, 0.25) is 0 Å². The van der Waals surface area contributed by atoms with E-state index >= 15 is 0 Å². The second-order valence-electron chi connectivity index (χ2n) is 8.17. The topological polar surface area (TPSA) is 120 Å². The van der Waals surface area contributed by atoms with Gasteiger partial charge in [0.25, 0.3) is 5.91 Å². The molecule has 1 aliphatic rings. The molecule has 10 nitrogen and oxygen atoms in total. The summed E-state index contributed by atoms with van der Waals surface area (Å²) in [5, 5.41) is 10.4. The fourth-order valence-corrected chi connectivity index (χ4v) is 3.98. The number of hydrogen-bond acceptors (Lipinski definition) is 8. The first-order chi connectivity index (χ1) is 18.4. The highest BCUT2D eigenvalue weighted by Crippen LogP contribution is 2.33. The Hall–Kier alpha value is -4.12. The van der Waals surface area contributed by atoms with E-state index in [1.165, 1.54) is 6.21 Å². The summed E-state index contributed by atoms with van der Waals surface area (Å²) in [6.07, 6.45) is 2.38. The van der Waals surface area contributed by atoms with Gasteiger partial charge in [-0.05, 0) is 62.3 Å². The van der Waals surface area contributed by atoms with Crippen LogP contribution >= 0.6 is 12.2 Å². The number of nitrogens with one attached hydrogen (secondary N) is 3. The molecule has 0 aromatic heterocycles. The third-order valence-electron chi connectivity index (χ3n) is 5.41. The molecule has 0 unspecified atom stereocenters. The van der Waals surface area contributed by atoms with E-state index in [2.05, 4.69) is 21.2 Å². The molecule has 1 aliphatic heterocycles. The third-order valence-corrected chi connectivity index (χ3v) is 5.63. The van der Waals surface area contributed by atoms with Crippen LogP contribution in [0.15, 0.2) is 58.8 Å². The first-order valence-electron chi connectivity index (χ1n) is 12.2. The highest BCUT2D eigenvalue weighted by atomic mass is 32.1. The van der Waals surface area contributed by atoms with Crippen molar-refractivity contribution in [2.24, 2.45) is 5.10 Å². The number of allylic oxidation sites excluding steroid dienone is 1. The Kier molecular flexibility index (Phi) is 10.5. The van der Waals surface area contributed by atoms with Crippen LogP contribution in [-0.4, -0.2) is 50.1 Å². The largest absolute Gasteiger partial charge is 0.493 e. The summed E-state index contributed by atoms with van der Waals surface area (Å²) >= 11 is 5.30. The van der Waals surface area contributed by atoms with Crippen molar-refractivity contribution in [3.8, 4) is 17.2 Å². The predicted octanol–water partition coefficient (Wildman–Crippen LogP) is 3.37. The van der Waals surface area contributed by atoms with Crippen LogP contribution < -0.4 is 30.3 Å². The number of rotatable bonds is 12. The monoisotopic (exact) mass is 540 g/mol. The number of hydrogen-bond donors (Lipinski definition) is 3. The highest BCUT2D eigenvalue weighted by molar-refractivity contribution is 7.80. The SMILES string of the molecule is CCCOc1ccc(C=NNC(=O)COc2ccccc2[C@H]2NC(=S)NC(C)=C2C(=O)OCC)cc1OC. The molecule has 0 spiro atoms. The average molecular weight is 541 g/mol. The molecule has 2 aromatic carbocycles. The number of para-hydroxylation sites is 1. The Balaban J connectivity index is 1.67. The zero-order valence-electron chi connectivity index (χ0n) is 21.8. The number of amides is 1. The van der Waals surface area contributed by atoms with E-state index in [9.17, 15) is 9.59 Å². The minimum Gasteiger partial charge on any atom is -0.493 e. The summed E-state index contributed by atoms with van der Waals surface area (Å²) < 4.78 is 22.1. The normalized spacial score (nSPS) is 14.9. The summed E-state index contributed by atoms with van der Waals surface area (Å²) in [5.74, 6) is 0.697. The van der Waals surface area contributed by atoms with Gasteiger partial charge in [0, 0.05) is 11.3 Å². The Labute approximate surface area is 227 Å². The molecule has 1 amide bonds. The summed E-state index contributed by atoms with van der Waals surface area (Å²) in [6, 6.07) is 11.8. The molecule has 3 rings (SSSR count). The molecular formula is C27H32N4O6S. The third kappa shape index (κ3) is 7.45. The molecule has 11 heteroatoms. The lowest BCUT2D eigenvalue weighted by molar-refractivity contribution is -0.139. The van der Waals surface area contributed by atoms with E-state index in [-0.39, 0.29) is 13.2 Å². The number of ether oxygens (including phenoxy) is 4. The van der Waals surface area contributed by atoms with Crippen molar-refractivity contribution in [1.82, 2.24) is 16.1 Å². The summed E-state index contributed by atoms with van der Waals surface area (Å²) in [7, 11) is 1.56. The molecule has 38 heavy (non-hydrogen) atoms. The fraction of sp³-hybridized carbons (Fsp3) is 0.333. The van der Waals surface area contributed by atoms with Crippen molar-refractivity contribution in [1.29, 1.82) is 0 Å². The first kappa shape index (κ1) is 28.5. The maximum absolute atomic E-state index is 12.7. The molecule has 1 heterocycles. The lowest BCUT2D eigenvalue weighted by Crippen LogP contribution is -2.45. The number of carbonyl (C=O) groups excluding carboxylic acids is 2. The van der Waals surface area contributed by atoms with Crippen LogP contribution in [0.5, 0.6) is 17.2 Å². The zero-order chi connectivity index (χ0) is 27.5. The molecule has 0 saturated heterocycles. The quantitative estimate of drug-likeness (QED) is 0.161. The van der Waals surface area contributed by atoms with Crippen molar-refractivity contribution in [3.63, 3.8) is 0 Å². The van der Waals surface area contributed by atoms with Gasteiger partial charge in [-0.1, -0.05) is 25.1 Å². The lowest BCUT2D eigenvalue weighted by atomic mass is 9.95. The van der Waals surface area contributed by atoms with Gasteiger partial charge in [0.1, 0.15) is 5.75 Å². The van der Waals surface area contributed by atoms with Crippen molar-refractivity contribution in [2.75, 3.05) is 26.9 Å². The van der Waals surface area contributed by atoms with E-state index in [4.69, 9.17) is 31.2 Å². The minimum absolute atomic E-state index is 0.231. The van der Waals surface area contributed by atoms with Crippen LogP contribution in [-0.2, 0) is 14.3 Å². The van der Waals surface area contributed by atoms with E-state index in [1.807, 2.05) is 19.1 Å². The highest BCUT2D eigenvalue weighted by Gasteiger charge is 2.32. The predicted molar refractivity (Wildman–Crippen MR) is 147 cm³/mol. The van der Waals surface area contributed by atoms with Crippen LogP contribution in [0.25, 0.3) is 0 Å². The zero-order valence-corrected chi connectivity index (χ0v) is 22.6. The van der Waals surface area contributed by atoms with Crippen LogP contribution in [0, 0.1) is 0 Å². The molecule has 0 radical (unpaired) electrons. The maximum Gasteiger partial charge on any atom is 0.338 e. The van der Waals surface area contributed by atoms with Gasteiger partial charge >= 0.3 is 5.97 Å². The number of esters is 1. The molecule has 3 N–H and O–H groups in total.